The number of sulfonamides is 2. The molecule has 0 aliphatic carbocycles. The number of benzene rings is 3. The number of para-hydroxylation sites is 1. The monoisotopic (exact) mass is 443 g/mol. The molecule has 1 aromatic heterocycles. The first-order valence-electron chi connectivity index (χ1n) is 9.34. The lowest BCUT2D eigenvalue weighted by atomic mass is 10.1. The van der Waals surface area contributed by atoms with Gasteiger partial charge in [-0.15, -0.1) is 0 Å². The van der Waals surface area contributed by atoms with Crippen molar-refractivity contribution in [3.63, 3.8) is 0 Å². The number of rotatable bonds is 6. The van der Waals surface area contributed by atoms with Crippen LogP contribution in [0.3, 0.4) is 0 Å². The highest BCUT2D eigenvalue weighted by molar-refractivity contribution is 7.93. The molecule has 0 spiro atoms. The molecule has 1 heterocycles. The molecule has 3 aromatic carbocycles. The van der Waals surface area contributed by atoms with Crippen LogP contribution in [0.2, 0.25) is 0 Å². The summed E-state index contributed by atoms with van der Waals surface area (Å²) in [7, 11) is -6.45. The van der Waals surface area contributed by atoms with Crippen molar-refractivity contribution in [2.45, 2.75) is 23.3 Å². The Labute approximate surface area is 175 Å². The second-order valence-electron chi connectivity index (χ2n) is 6.78. The zero-order valence-electron chi connectivity index (χ0n) is 16.5. The summed E-state index contributed by atoms with van der Waals surface area (Å²) in [6.45, 7) is 2.86. The van der Waals surface area contributed by atoms with Gasteiger partial charge in [0.25, 0.3) is 10.0 Å². The van der Waals surface area contributed by atoms with Crippen molar-refractivity contribution in [2.75, 3.05) is 11.8 Å². The van der Waals surface area contributed by atoms with Crippen molar-refractivity contribution in [1.29, 1.82) is 0 Å². The van der Waals surface area contributed by atoms with Gasteiger partial charge in [-0.2, -0.15) is 0 Å². The maximum Gasteiger partial charge on any atom is 0.261 e. The number of aryl methyl sites for hydroxylation is 1. The van der Waals surface area contributed by atoms with Crippen molar-refractivity contribution in [3.8, 4) is 0 Å². The van der Waals surface area contributed by atoms with E-state index in [2.05, 4.69) is 20.9 Å². The van der Waals surface area contributed by atoms with Crippen molar-refractivity contribution >= 4 is 47.5 Å². The van der Waals surface area contributed by atoms with Crippen molar-refractivity contribution in [2.24, 2.45) is 0 Å². The molecule has 0 bridgehead atoms. The van der Waals surface area contributed by atoms with Crippen molar-refractivity contribution in [1.82, 2.24) is 9.29 Å². The molecule has 4 aromatic rings. The lowest BCUT2D eigenvalue weighted by molar-refractivity contribution is 0.588. The summed E-state index contributed by atoms with van der Waals surface area (Å²) in [5.41, 5.74) is 2.51. The van der Waals surface area contributed by atoms with E-state index in [1.807, 2.05) is 30.3 Å². The molecule has 0 saturated heterocycles. The Morgan fingerprint density at radius 3 is 2.13 bits per heavy atom. The van der Waals surface area contributed by atoms with Gasteiger partial charge in [0, 0.05) is 34.0 Å². The Bertz CT molecular complexity index is 1470. The highest BCUT2D eigenvalue weighted by Crippen LogP contribution is 2.31. The number of aromatic nitrogens is 1. The van der Waals surface area contributed by atoms with E-state index >= 15 is 0 Å². The van der Waals surface area contributed by atoms with Crippen LogP contribution in [0.25, 0.3) is 21.8 Å². The van der Waals surface area contributed by atoms with E-state index in [0.717, 1.165) is 34.4 Å². The number of hydrogen-bond acceptors (Lipinski definition) is 4. The van der Waals surface area contributed by atoms with Crippen LogP contribution in [-0.4, -0.2) is 28.5 Å². The Hall–Kier alpha value is -2.88. The molecular formula is C21H21N3O4S2. The largest absolute Gasteiger partial charge is 0.341 e. The van der Waals surface area contributed by atoms with Gasteiger partial charge in [-0.25, -0.2) is 21.6 Å². The molecule has 4 rings (SSSR count). The Morgan fingerprint density at radius 2 is 1.43 bits per heavy atom. The summed E-state index contributed by atoms with van der Waals surface area (Å²) in [6.07, 6.45) is 0. The minimum Gasteiger partial charge on any atom is -0.341 e. The standard InChI is InChI=1S/C21H21N3O4S2/c1-3-24-20-10-5-4-9-18(20)19-13-15(11-12-21(19)24)23-30(27,28)17-8-6-7-16(14-17)29(25,26)22-2/h4-14,22-23H,3H2,1-2H3. The summed E-state index contributed by atoms with van der Waals surface area (Å²) in [4.78, 5) is -0.246. The fourth-order valence-electron chi connectivity index (χ4n) is 3.60. The molecule has 0 fully saturated rings. The third-order valence-corrected chi connectivity index (χ3v) is 7.83. The van der Waals surface area contributed by atoms with Crippen LogP contribution < -0.4 is 9.44 Å². The number of hydrogen-bond donors (Lipinski definition) is 2. The molecule has 0 atom stereocenters. The molecule has 0 aliphatic rings. The van der Waals surface area contributed by atoms with Gasteiger partial charge >= 0.3 is 0 Å². The van der Waals surface area contributed by atoms with E-state index in [1.165, 1.54) is 25.2 Å². The lowest BCUT2D eigenvalue weighted by Gasteiger charge is -2.10. The van der Waals surface area contributed by atoms with Crippen LogP contribution in [-0.2, 0) is 26.6 Å². The number of fused-ring (bicyclic) bond motifs is 3. The molecule has 0 unspecified atom stereocenters. The quantitative estimate of drug-likeness (QED) is 0.476. The summed E-state index contributed by atoms with van der Waals surface area (Å²) >= 11 is 0. The highest BCUT2D eigenvalue weighted by Gasteiger charge is 2.19. The summed E-state index contributed by atoms with van der Waals surface area (Å²) < 4.78 is 56.7. The third-order valence-electron chi connectivity index (χ3n) is 5.04. The molecule has 0 saturated carbocycles. The van der Waals surface area contributed by atoms with Gasteiger partial charge in [-0.3, -0.25) is 4.72 Å². The van der Waals surface area contributed by atoms with E-state index < -0.39 is 20.0 Å². The van der Waals surface area contributed by atoms with Gasteiger partial charge in [-0.1, -0.05) is 24.3 Å². The Balaban J connectivity index is 1.77. The molecule has 156 valence electrons. The first kappa shape index (κ1) is 20.4. The maximum atomic E-state index is 12.9. The van der Waals surface area contributed by atoms with Gasteiger partial charge in [-0.05, 0) is 56.4 Å². The normalized spacial score (nSPS) is 12.5. The topological polar surface area (TPSA) is 97.3 Å². The number of nitrogens with zero attached hydrogens (tertiary/aromatic N) is 1. The highest BCUT2D eigenvalue weighted by atomic mass is 32.2. The third kappa shape index (κ3) is 3.45. The van der Waals surface area contributed by atoms with E-state index in [0.29, 0.717) is 5.69 Å². The number of anilines is 1. The molecule has 7 nitrogen and oxygen atoms in total. The van der Waals surface area contributed by atoms with Crippen LogP contribution in [0.4, 0.5) is 5.69 Å². The predicted molar refractivity (Wildman–Crippen MR) is 119 cm³/mol. The second kappa shape index (κ2) is 7.42. The van der Waals surface area contributed by atoms with Gasteiger partial charge in [0.05, 0.1) is 9.79 Å². The van der Waals surface area contributed by atoms with Crippen LogP contribution in [0.5, 0.6) is 0 Å². The SMILES string of the molecule is CCn1c2ccccc2c2cc(NS(=O)(=O)c3cccc(S(=O)(=O)NC)c3)ccc21. The zero-order valence-corrected chi connectivity index (χ0v) is 18.1. The molecule has 0 aliphatic heterocycles. The first-order valence-corrected chi connectivity index (χ1v) is 12.3. The predicted octanol–water partition coefficient (Wildman–Crippen LogP) is 3.52. The molecule has 30 heavy (non-hydrogen) atoms. The van der Waals surface area contributed by atoms with Gasteiger partial charge in [0.2, 0.25) is 10.0 Å². The van der Waals surface area contributed by atoms with E-state index in [-0.39, 0.29) is 9.79 Å². The molecular weight excluding hydrogens is 422 g/mol. The second-order valence-corrected chi connectivity index (χ2v) is 10.4. The minimum absolute atomic E-state index is 0.116. The van der Waals surface area contributed by atoms with Crippen LogP contribution in [0.1, 0.15) is 6.92 Å². The van der Waals surface area contributed by atoms with E-state index in [4.69, 9.17) is 0 Å². The van der Waals surface area contributed by atoms with Crippen LogP contribution in [0, 0.1) is 0 Å². The van der Waals surface area contributed by atoms with E-state index in [9.17, 15) is 16.8 Å². The summed E-state index contributed by atoms with van der Waals surface area (Å²) in [5, 5.41) is 1.98. The minimum atomic E-state index is -3.97. The van der Waals surface area contributed by atoms with Crippen molar-refractivity contribution < 1.29 is 16.8 Å². The lowest BCUT2D eigenvalue weighted by Crippen LogP contribution is -2.19. The zero-order chi connectivity index (χ0) is 21.5. The summed E-state index contributed by atoms with van der Waals surface area (Å²) in [6, 6.07) is 18.6. The van der Waals surface area contributed by atoms with Gasteiger partial charge in [0.1, 0.15) is 0 Å². The Morgan fingerprint density at radius 1 is 0.767 bits per heavy atom. The molecule has 0 radical (unpaired) electrons. The number of nitrogens with one attached hydrogen (secondary N) is 2. The summed E-state index contributed by atoms with van der Waals surface area (Å²) in [5.74, 6) is 0. The molecule has 2 N–H and O–H groups in total. The average Bonchev–Trinajstić information content (AvgIpc) is 3.06. The van der Waals surface area contributed by atoms with Crippen LogP contribution in [0.15, 0.2) is 76.5 Å². The smallest absolute Gasteiger partial charge is 0.261 e. The van der Waals surface area contributed by atoms with Gasteiger partial charge in [0.15, 0.2) is 0 Å². The van der Waals surface area contributed by atoms with E-state index in [1.54, 1.807) is 12.1 Å². The molecule has 0 amide bonds. The fraction of sp³-hybridized carbons (Fsp3) is 0.143. The average molecular weight is 444 g/mol. The Kier molecular flexibility index (Phi) is 5.05. The fourth-order valence-corrected chi connectivity index (χ4v) is 5.54. The molecule has 9 heteroatoms. The van der Waals surface area contributed by atoms with Crippen molar-refractivity contribution in [3.05, 3.63) is 66.7 Å². The van der Waals surface area contributed by atoms with Crippen LogP contribution >= 0.6 is 0 Å². The maximum absolute atomic E-state index is 12.9. The van der Waals surface area contributed by atoms with Gasteiger partial charge < -0.3 is 4.57 Å². The first-order chi connectivity index (χ1) is 14.3.